The second kappa shape index (κ2) is 12.2. The molecule has 0 aromatic rings. The summed E-state index contributed by atoms with van der Waals surface area (Å²) in [6, 6.07) is 0. The van der Waals surface area contributed by atoms with Gasteiger partial charge in [-0.1, -0.05) is 96.3 Å². The van der Waals surface area contributed by atoms with Crippen LogP contribution in [0, 0.1) is 46.3 Å². The van der Waals surface area contributed by atoms with E-state index in [0.29, 0.717) is 10.8 Å². The summed E-state index contributed by atoms with van der Waals surface area (Å²) in [5.74, 6) is 8.56. The molecule has 0 amide bonds. The third-order valence-corrected chi connectivity index (χ3v) is 11.2. The summed E-state index contributed by atoms with van der Waals surface area (Å²) in [5, 5.41) is 0. The lowest BCUT2D eigenvalue weighted by Gasteiger charge is -2.58. The number of hydrogen-bond donors (Lipinski definition) is 0. The first kappa shape index (κ1) is 28.1. The van der Waals surface area contributed by atoms with Crippen molar-refractivity contribution in [2.45, 2.75) is 131 Å². The van der Waals surface area contributed by atoms with E-state index in [-0.39, 0.29) is 0 Å². The molecule has 0 N–H and O–H groups in total. The van der Waals surface area contributed by atoms with Gasteiger partial charge >= 0.3 is 0 Å². The molecule has 194 valence electrons. The molecule has 0 nitrogen and oxygen atoms in total. The van der Waals surface area contributed by atoms with Crippen molar-refractivity contribution in [3.8, 4) is 0 Å². The zero-order valence-electron chi connectivity index (χ0n) is 23.5. The van der Waals surface area contributed by atoms with E-state index < -0.39 is 0 Å². The normalized spacial score (nSPS) is 38.8. The lowest BCUT2D eigenvalue weighted by atomic mass is 9.46. The van der Waals surface area contributed by atoms with Crippen molar-refractivity contribution in [3.05, 3.63) is 23.8 Å². The van der Waals surface area contributed by atoms with E-state index in [1.165, 1.54) is 102 Å². The first-order valence-electron chi connectivity index (χ1n) is 14.9. The van der Waals surface area contributed by atoms with Gasteiger partial charge in [-0.05, 0) is 123 Å². The SMILES string of the molecule is C=C(CCC)CC1CCC2(C)C(=CCC3C2CCC2(C)C(CCCCC(C)C)CCC32)C1.C=S. The van der Waals surface area contributed by atoms with Crippen LogP contribution >= 0.6 is 12.2 Å². The molecule has 0 radical (unpaired) electrons. The van der Waals surface area contributed by atoms with Crippen LogP contribution in [0.25, 0.3) is 0 Å². The van der Waals surface area contributed by atoms with Gasteiger partial charge < -0.3 is 0 Å². The molecule has 3 fully saturated rings. The lowest BCUT2D eigenvalue weighted by Crippen LogP contribution is -2.50. The van der Waals surface area contributed by atoms with Gasteiger partial charge in [0.2, 0.25) is 0 Å². The van der Waals surface area contributed by atoms with Crippen molar-refractivity contribution in [1.82, 2.24) is 0 Å². The molecule has 0 aromatic heterocycles. The largest absolute Gasteiger partial charge is 0.0999 e. The molecule has 3 saturated carbocycles. The van der Waals surface area contributed by atoms with Gasteiger partial charge in [0.15, 0.2) is 0 Å². The average molecular weight is 485 g/mol. The van der Waals surface area contributed by atoms with Crippen molar-refractivity contribution < 1.29 is 0 Å². The van der Waals surface area contributed by atoms with Crippen LogP contribution in [-0.2, 0) is 0 Å². The Morgan fingerprint density at radius 1 is 1.06 bits per heavy atom. The number of thiocarbonyl (C=S) groups is 1. The molecule has 0 bridgehead atoms. The van der Waals surface area contributed by atoms with Crippen LogP contribution in [0.2, 0.25) is 0 Å². The molecule has 4 aliphatic rings. The quantitative estimate of drug-likeness (QED) is 0.178. The maximum atomic E-state index is 4.39. The zero-order chi connectivity index (χ0) is 24.9. The molecular formula is C33H56S. The Morgan fingerprint density at radius 2 is 1.82 bits per heavy atom. The van der Waals surface area contributed by atoms with Gasteiger partial charge in [-0.25, -0.2) is 0 Å². The number of hydrogen-bond acceptors (Lipinski definition) is 1. The van der Waals surface area contributed by atoms with Crippen molar-refractivity contribution in [2.24, 2.45) is 46.3 Å². The molecule has 0 heterocycles. The highest BCUT2D eigenvalue weighted by molar-refractivity contribution is 7.77. The zero-order valence-corrected chi connectivity index (χ0v) is 24.3. The molecule has 1 heteroatoms. The van der Waals surface area contributed by atoms with Gasteiger partial charge in [-0.2, -0.15) is 0 Å². The summed E-state index contributed by atoms with van der Waals surface area (Å²) in [6.45, 7) is 16.9. The Bertz CT molecular complexity index is 703. The van der Waals surface area contributed by atoms with Gasteiger partial charge in [0.05, 0.1) is 0 Å². The van der Waals surface area contributed by atoms with E-state index in [2.05, 4.69) is 65.4 Å². The molecule has 34 heavy (non-hydrogen) atoms. The molecule has 4 aliphatic carbocycles. The summed E-state index contributed by atoms with van der Waals surface area (Å²) in [6.07, 6.45) is 24.2. The Balaban J connectivity index is 0.00000158. The predicted molar refractivity (Wildman–Crippen MR) is 155 cm³/mol. The van der Waals surface area contributed by atoms with Crippen molar-refractivity contribution >= 4 is 18.1 Å². The minimum atomic E-state index is 0.516. The van der Waals surface area contributed by atoms with Crippen molar-refractivity contribution in [3.63, 3.8) is 0 Å². The standard InChI is InChI=1S/C32H54.CH2S/c1-7-10-24(4)21-25-17-19-32(6)27(22-25)13-15-28-29-16-14-26(12-9-8-11-23(2)3)31(29,5)20-18-30(28)32;1-2/h13,23,25-26,28-30H,4,7-12,14-22H2,1-3,5-6H3;1H2. The summed E-state index contributed by atoms with van der Waals surface area (Å²) in [7, 11) is 0. The van der Waals surface area contributed by atoms with Crippen LogP contribution in [0.1, 0.15) is 131 Å². The number of rotatable bonds is 9. The molecule has 7 atom stereocenters. The van der Waals surface area contributed by atoms with Crippen LogP contribution in [0.15, 0.2) is 23.8 Å². The summed E-state index contributed by atoms with van der Waals surface area (Å²) < 4.78 is 0. The fraction of sp³-hybridized carbons (Fsp3) is 0.848. The fourth-order valence-electron chi connectivity index (χ4n) is 9.30. The van der Waals surface area contributed by atoms with E-state index in [0.717, 1.165) is 35.5 Å². The van der Waals surface area contributed by atoms with Crippen molar-refractivity contribution in [1.29, 1.82) is 0 Å². The monoisotopic (exact) mass is 484 g/mol. The molecule has 0 aliphatic heterocycles. The van der Waals surface area contributed by atoms with Gasteiger partial charge in [0.25, 0.3) is 0 Å². The maximum Gasteiger partial charge on any atom is -0.00851 e. The Labute approximate surface area is 218 Å². The number of unbranched alkanes of at least 4 members (excludes halogenated alkanes) is 1. The van der Waals surface area contributed by atoms with Gasteiger partial charge in [0, 0.05) is 0 Å². The Kier molecular flexibility index (Phi) is 10.1. The van der Waals surface area contributed by atoms with Crippen LogP contribution < -0.4 is 0 Å². The minimum Gasteiger partial charge on any atom is -0.0999 e. The van der Waals surface area contributed by atoms with Crippen LogP contribution in [0.3, 0.4) is 0 Å². The van der Waals surface area contributed by atoms with Crippen molar-refractivity contribution in [2.75, 3.05) is 0 Å². The van der Waals surface area contributed by atoms with Gasteiger partial charge in [0.1, 0.15) is 0 Å². The van der Waals surface area contributed by atoms with E-state index >= 15 is 0 Å². The van der Waals surface area contributed by atoms with Crippen LogP contribution in [-0.4, -0.2) is 5.87 Å². The van der Waals surface area contributed by atoms with E-state index in [1.807, 2.05) is 5.57 Å². The number of allylic oxidation sites excluding steroid dienone is 3. The molecule has 0 saturated heterocycles. The predicted octanol–water partition coefficient (Wildman–Crippen LogP) is 10.8. The second-order valence-electron chi connectivity index (χ2n) is 13.6. The highest BCUT2D eigenvalue weighted by atomic mass is 32.1. The third kappa shape index (κ3) is 5.76. The smallest absolute Gasteiger partial charge is 0.00851 e. The lowest BCUT2D eigenvalue weighted by molar-refractivity contribution is -0.0455. The fourth-order valence-corrected chi connectivity index (χ4v) is 9.30. The van der Waals surface area contributed by atoms with E-state index in [9.17, 15) is 0 Å². The molecule has 0 spiro atoms. The van der Waals surface area contributed by atoms with E-state index in [4.69, 9.17) is 0 Å². The molecule has 0 aromatic carbocycles. The summed E-state index contributed by atoms with van der Waals surface area (Å²) in [4.78, 5) is 0. The topological polar surface area (TPSA) is 0 Å². The third-order valence-electron chi connectivity index (χ3n) is 11.2. The Morgan fingerprint density at radius 3 is 2.53 bits per heavy atom. The Hall–Kier alpha value is -0.430. The van der Waals surface area contributed by atoms with Crippen LogP contribution in [0.4, 0.5) is 0 Å². The van der Waals surface area contributed by atoms with Crippen LogP contribution in [0.5, 0.6) is 0 Å². The first-order valence-corrected chi connectivity index (χ1v) is 15.5. The second-order valence-corrected chi connectivity index (χ2v) is 13.6. The average Bonchev–Trinajstić information content (AvgIpc) is 3.14. The minimum absolute atomic E-state index is 0.516. The first-order chi connectivity index (χ1) is 16.3. The van der Waals surface area contributed by atoms with E-state index in [1.54, 1.807) is 0 Å². The maximum absolute atomic E-state index is 4.39. The highest BCUT2D eigenvalue weighted by Gasteiger charge is 2.58. The summed E-state index contributed by atoms with van der Waals surface area (Å²) in [5.41, 5.74) is 4.54. The number of fused-ring (bicyclic) bond motifs is 5. The summed E-state index contributed by atoms with van der Waals surface area (Å²) >= 11 is 3.83. The molecular weight excluding hydrogens is 428 g/mol. The van der Waals surface area contributed by atoms with Gasteiger partial charge in [-0.3, -0.25) is 0 Å². The van der Waals surface area contributed by atoms with Gasteiger partial charge in [-0.15, -0.1) is 0 Å². The molecule has 7 unspecified atom stereocenters. The highest BCUT2D eigenvalue weighted by Crippen LogP contribution is 2.67. The molecule has 4 rings (SSSR count).